The first-order valence-corrected chi connectivity index (χ1v) is 4.39. The SMILES string of the molecule is CC1CNCCN1NNC(N)=S. The number of piperazine rings is 1. The number of hydrogen-bond acceptors (Lipinski definition) is 4. The number of nitrogens with zero attached hydrogens (tertiary/aromatic N) is 1. The van der Waals surface area contributed by atoms with E-state index in [0.717, 1.165) is 19.6 Å². The highest BCUT2D eigenvalue weighted by Crippen LogP contribution is 1.95. The molecule has 0 aliphatic carbocycles. The Hall–Kier alpha value is -0.430. The van der Waals surface area contributed by atoms with E-state index in [1.54, 1.807) is 0 Å². The zero-order valence-corrected chi connectivity index (χ0v) is 7.95. The second-order valence-corrected chi connectivity index (χ2v) is 3.29. The maximum Gasteiger partial charge on any atom is 0.179 e. The molecule has 0 aromatic carbocycles. The van der Waals surface area contributed by atoms with E-state index in [0.29, 0.717) is 6.04 Å². The molecule has 0 radical (unpaired) electrons. The summed E-state index contributed by atoms with van der Waals surface area (Å²) in [5, 5.41) is 5.61. The van der Waals surface area contributed by atoms with Crippen LogP contribution in [0.15, 0.2) is 0 Å². The molecule has 1 saturated heterocycles. The van der Waals surface area contributed by atoms with Crippen molar-refractivity contribution in [1.29, 1.82) is 0 Å². The Labute approximate surface area is 77.6 Å². The minimum Gasteiger partial charge on any atom is -0.375 e. The topological polar surface area (TPSA) is 65.3 Å². The van der Waals surface area contributed by atoms with Crippen LogP contribution in [0, 0.1) is 0 Å². The van der Waals surface area contributed by atoms with Crippen LogP contribution in [-0.4, -0.2) is 35.8 Å². The van der Waals surface area contributed by atoms with Crippen molar-refractivity contribution in [3.63, 3.8) is 0 Å². The molecule has 0 spiro atoms. The van der Waals surface area contributed by atoms with E-state index < -0.39 is 0 Å². The van der Waals surface area contributed by atoms with Crippen LogP contribution in [0.3, 0.4) is 0 Å². The molecule has 1 fully saturated rings. The lowest BCUT2D eigenvalue weighted by Crippen LogP contribution is -2.60. The van der Waals surface area contributed by atoms with Gasteiger partial charge in [0.1, 0.15) is 0 Å². The molecule has 5 nitrogen and oxygen atoms in total. The molecule has 1 unspecified atom stereocenters. The number of nitrogens with one attached hydrogen (secondary N) is 3. The summed E-state index contributed by atoms with van der Waals surface area (Å²) in [4.78, 5) is 0. The van der Waals surface area contributed by atoms with Crippen molar-refractivity contribution in [2.24, 2.45) is 5.73 Å². The Morgan fingerprint density at radius 3 is 3.08 bits per heavy atom. The summed E-state index contributed by atoms with van der Waals surface area (Å²) in [7, 11) is 0. The summed E-state index contributed by atoms with van der Waals surface area (Å²) in [6.07, 6.45) is 0. The Balaban J connectivity index is 2.24. The Kier molecular flexibility index (Phi) is 3.67. The molecule has 1 aliphatic rings. The normalized spacial score (nSPS) is 25.2. The summed E-state index contributed by atoms with van der Waals surface area (Å²) in [5.74, 6) is 0. The second-order valence-electron chi connectivity index (χ2n) is 2.85. The fraction of sp³-hybridized carbons (Fsp3) is 0.833. The van der Waals surface area contributed by atoms with Crippen molar-refractivity contribution in [3.8, 4) is 0 Å². The molecule has 1 heterocycles. The lowest BCUT2D eigenvalue weighted by Gasteiger charge is -2.33. The van der Waals surface area contributed by atoms with Gasteiger partial charge < -0.3 is 11.1 Å². The fourth-order valence-corrected chi connectivity index (χ4v) is 1.18. The maximum atomic E-state index is 5.27. The molecule has 1 aliphatic heterocycles. The molecule has 0 aromatic rings. The minimum absolute atomic E-state index is 0.265. The first kappa shape index (κ1) is 9.66. The average molecular weight is 189 g/mol. The molecular formula is C6H15N5S. The monoisotopic (exact) mass is 189 g/mol. The van der Waals surface area contributed by atoms with Gasteiger partial charge in [0.15, 0.2) is 5.11 Å². The van der Waals surface area contributed by atoms with E-state index in [9.17, 15) is 0 Å². The number of hydrogen-bond donors (Lipinski definition) is 4. The molecular weight excluding hydrogens is 174 g/mol. The fourth-order valence-electron chi connectivity index (χ4n) is 1.13. The summed E-state index contributed by atoms with van der Waals surface area (Å²) >= 11 is 4.66. The molecule has 0 amide bonds. The van der Waals surface area contributed by atoms with Crippen LogP contribution < -0.4 is 22.0 Å². The maximum absolute atomic E-state index is 5.27. The van der Waals surface area contributed by atoms with Crippen molar-refractivity contribution in [2.45, 2.75) is 13.0 Å². The van der Waals surface area contributed by atoms with E-state index >= 15 is 0 Å². The van der Waals surface area contributed by atoms with E-state index in [1.165, 1.54) is 0 Å². The van der Waals surface area contributed by atoms with Crippen molar-refractivity contribution in [1.82, 2.24) is 21.3 Å². The number of nitrogens with two attached hydrogens (primary N) is 1. The van der Waals surface area contributed by atoms with Gasteiger partial charge in [0.05, 0.1) is 0 Å². The van der Waals surface area contributed by atoms with Crippen molar-refractivity contribution in [2.75, 3.05) is 19.6 Å². The summed E-state index contributed by atoms with van der Waals surface area (Å²) in [6, 6.07) is 0.445. The van der Waals surface area contributed by atoms with Gasteiger partial charge in [0.2, 0.25) is 0 Å². The molecule has 6 heteroatoms. The van der Waals surface area contributed by atoms with Crippen molar-refractivity contribution >= 4 is 17.3 Å². The van der Waals surface area contributed by atoms with Gasteiger partial charge >= 0.3 is 0 Å². The van der Waals surface area contributed by atoms with Crippen LogP contribution in [0.4, 0.5) is 0 Å². The number of hydrazine groups is 2. The van der Waals surface area contributed by atoms with Gasteiger partial charge in [-0.05, 0) is 19.1 Å². The minimum atomic E-state index is 0.265. The van der Waals surface area contributed by atoms with Gasteiger partial charge in [0.25, 0.3) is 0 Å². The Morgan fingerprint density at radius 2 is 2.50 bits per heavy atom. The van der Waals surface area contributed by atoms with Crippen molar-refractivity contribution in [3.05, 3.63) is 0 Å². The predicted octanol–water partition coefficient (Wildman–Crippen LogP) is -1.47. The highest BCUT2D eigenvalue weighted by atomic mass is 32.1. The molecule has 0 saturated carbocycles. The zero-order valence-electron chi connectivity index (χ0n) is 7.13. The van der Waals surface area contributed by atoms with E-state index in [1.807, 2.05) is 0 Å². The molecule has 0 aromatic heterocycles. The highest BCUT2D eigenvalue weighted by Gasteiger charge is 2.16. The largest absolute Gasteiger partial charge is 0.375 e. The van der Waals surface area contributed by atoms with Gasteiger partial charge in [-0.3, -0.25) is 5.43 Å². The molecule has 12 heavy (non-hydrogen) atoms. The van der Waals surface area contributed by atoms with E-state index in [4.69, 9.17) is 5.73 Å². The van der Waals surface area contributed by atoms with Gasteiger partial charge in [-0.2, -0.15) is 5.53 Å². The smallest absolute Gasteiger partial charge is 0.179 e. The summed E-state index contributed by atoms with van der Waals surface area (Å²) < 4.78 is 0. The lowest BCUT2D eigenvalue weighted by molar-refractivity contribution is 0.0956. The number of thiocarbonyl (C=S) groups is 1. The third-order valence-electron chi connectivity index (χ3n) is 1.82. The van der Waals surface area contributed by atoms with Gasteiger partial charge in [-0.1, -0.05) is 0 Å². The highest BCUT2D eigenvalue weighted by molar-refractivity contribution is 7.80. The standard InChI is InChI=1S/C6H15N5S/c1-5-4-8-2-3-11(5)10-9-6(7)12/h5,8,10H,2-4H2,1H3,(H3,7,9,12). The molecule has 70 valence electrons. The Morgan fingerprint density at radius 1 is 1.75 bits per heavy atom. The lowest BCUT2D eigenvalue weighted by atomic mass is 10.2. The van der Waals surface area contributed by atoms with Crippen molar-refractivity contribution < 1.29 is 0 Å². The van der Waals surface area contributed by atoms with Gasteiger partial charge in [-0.15, -0.1) is 0 Å². The first-order valence-electron chi connectivity index (χ1n) is 3.98. The third-order valence-corrected chi connectivity index (χ3v) is 1.93. The van der Waals surface area contributed by atoms with Crippen LogP contribution in [0.5, 0.6) is 0 Å². The summed E-state index contributed by atoms with van der Waals surface area (Å²) in [5.41, 5.74) is 10.9. The molecule has 5 N–H and O–H groups in total. The van der Waals surface area contributed by atoms with Crippen LogP contribution in [0.25, 0.3) is 0 Å². The van der Waals surface area contributed by atoms with Crippen LogP contribution in [0.1, 0.15) is 6.92 Å². The summed E-state index contributed by atoms with van der Waals surface area (Å²) in [6.45, 7) is 5.03. The second kappa shape index (κ2) is 4.56. The van der Waals surface area contributed by atoms with Crippen LogP contribution >= 0.6 is 12.2 Å². The number of rotatable bonds is 2. The van der Waals surface area contributed by atoms with Crippen LogP contribution in [-0.2, 0) is 0 Å². The third kappa shape index (κ3) is 2.90. The molecule has 1 atom stereocenters. The average Bonchev–Trinajstić information content (AvgIpc) is 2.03. The zero-order chi connectivity index (χ0) is 8.97. The van der Waals surface area contributed by atoms with E-state index in [-0.39, 0.29) is 5.11 Å². The van der Waals surface area contributed by atoms with Gasteiger partial charge in [-0.25, -0.2) is 5.01 Å². The van der Waals surface area contributed by atoms with Crippen LogP contribution in [0.2, 0.25) is 0 Å². The quantitative estimate of drug-likeness (QED) is 0.314. The molecule has 1 rings (SSSR count). The van der Waals surface area contributed by atoms with E-state index in [2.05, 4.69) is 40.4 Å². The Bertz CT molecular complexity index is 162. The predicted molar refractivity (Wildman–Crippen MR) is 52.1 cm³/mol. The molecule has 0 bridgehead atoms. The first-order chi connectivity index (χ1) is 5.70. The van der Waals surface area contributed by atoms with Gasteiger partial charge in [0, 0.05) is 25.7 Å².